The van der Waals surface area contributed by atoms with E-state index in [0.717, 1.165) is 5.75 Å². The minimum Gasteiger partial charge on any atom is -0.497 e. The summed E-state index contributed by atoms with van der Waals surface area (Å²) in [6, 6.07) is 7.28. The minimum absolute atomic E-state index is 0.0744. The standard InChI is InChI=1S/C25H40OSi/c1-12-27(13-2,24-19(6)17(4)18(5)20(24)7)22-15-16(3)14-21(23(22)26-11)25(8,9)10/h14-15,24H,12-13H2,1-11H3. The Morgan fingerprint density at radius 1 is 0.889 bits per heavy atom. The number of hydrogen-bond acceptors (Lipinski definition) is 1. The molecule has 0 saturated carbocycles. The zero-order chi connectivity index (χ0) is 20.7. The summed E-state index contributed by atoms with van der Waals surface area (Å²) >= 11 is 0. The van der Waals surface area contributed by atoms with Crippen molar-refractivity contribution in [3.05, 3.63) is 45.6 Å². The molecule has 0 unspecified atom stereocenters. The number of hydrogen-bond donors (Lipinski definition) is 0. The fourth-order valence-electron chi connectivity index (χ4n) is 5.29. The van der Waals surface area contributed by atoms with E-state index in [1.54, 1.807) is 11.1 Å². The Bertz CT molecular complexity index is 761. The third kappa shape index (κ3) is 3.46. The fourth-order valence-corrected chi connectivity index (χ4v) is 11.0. The molecule has 1 aromatic rings. The molecule has 2 rings (SSSR count). The molecule has 0 aliphatic heterocycles. The van der Waals surface area contributed by atoms with Gasteiger partial charge in [-0.25, -0.2) is 0 Å². The van der Waals surface area contributed by atoms with Gasteiger partial charge in [0.2, 0.25) is 0 Å². The van der Waals surface area contributed by atoms with Crippen LogP contribution in [0.5, 0.6) is 5.75 Å². The lowest BCUT2D eigenvalue weighted by Crippen LogP contribution is -2.52. The van der Waals surface area contributed by atoms with Gasteiger partial charge in [0.25, 0.3) is 0 Å². The molecule has 1 aliphatic carbocycles. The van der Waals surface area contributed by atoms with Gasteiger partial charge < -0.3 is 4.74 Å². The average molecular weight is 385 g/mol. The van der Waals surface area contributed by atoms with Gasteiger partial charge in [0.05, 0.1) is 7.11 Å². The summed E-state index contributed by atoms with van der Waals surface area (Å²) in [6.45, 7) is 23.4. The van der Waals surface area contributed by atoms with Gasteiger partial charge in [-0.2, -0.15) is 0 Å². The molecule has 0 aromatic heterocycles. The van der Waals surface area contributed by atoms with Crippen LogP contribution >= 0.6 is 0 Å². The molecule has 1 aliphatic rings. The summed E-state index contributed by atoms with van der Waals surface area (Å²) in [4.78, 5) is 0. The fraction of sp³-hybridized carbons (Fsp3) is 0.600. The van der Waals surface area contributed by atoms with Crippen molar-refractivity contribution in [1.29, 1.82) is 0 Å². The number of ether oxygens (including phenoxy) is 1. The Morgan fingerprint density at radius 2 is 1.37 bits per heavy atom. The highest BCUT2D eigenvalue weighted by atomic mass is 28.3. The molecule has 0 spiro atoms. The lowest BCUT2D eigenvalue weighted by molar-refractivity contribution is 0.400. The summed E-state index contributed by atoms with van der Waals surface area (Å²) in [7, 11) is 0.0214. The molecule has 27 heavy (non-hydrogen) atoms. The summed E-state index contributed by atoms with van der Waals surface area (Å²) < 4.78 is 6.15. The largest absolute Gasteiger partial charge is 0.497 e. The van der Waals surface area contributed by atoms with Crippen molar-refractivity contribution in [1.82, 2.24) is 0 Å². The van der Waals surface area contributed by atoms with Crippen LogP contribution in [0.2, 0.25) is 17.6 Å². The van der Waals surface area contributed by atoms with Crippen LogP contribution in [0.1, 0.15) is 73.4 Å². The first-order valence-corrected chi connectivity index (χ1v) is 13.0. The van der Waals surface area contributed by atoms with E-state index in [4.69, 9.17) is 4.74 Å². The summed E-state index contributed by atoms with van der Waals surface area (Å²) in [5, 5.41) is 1.53. The third-order valence-corrected chi connectivity index (χ3v) is 13.1. The van der Waals surface area contributed by atoms with Gasteiger partial charge in [-0.1, -0.05) is 75.5 Å². The molecule has 0 fully saturated rings. The number of benzene rings is 1. The van der Waals surface area contributed by atoms with Crippen molar-refractivity contribution >= 4 is 13.3 Å². The van der Waals surface area contributed by atoms with Crippen molar-refractivity contribution in [3.8, 4) is 5.75 Å². The van der Waals surface area contributed by atoms with Gasteiger partial charge in [-0.05, 0) is 61.9 Å². The molecule has 0 saturated heterocycles. The summed E-state index contributed by atoms with van der Waals surface area (Å²) in [6.07, 6.45) is 0. The highest BCUT2D eigenvalue weighted by Crippen LogP contribution is 2.50. The maximum absolute atomic E-state index is 6.15. The Morgan fingerprint density at radius 3 is 1.74 bits per heavy atom. The van der Waals surface area contributed by atoms with Crippen molar-refractivity contribution < 1.29 is 4.74 Å². The second-order valence-corrected chi connectivity index (χ2v) is 14.4. The van der Waals surface area contributed by atoms with Gasteiger partial charge in [-0.3, -0.25) is 0 Å². The van der Waals surface area contributed by atoms with E-state index >= 15 is 0 Å². The molecule has 0 bridgehead atoms. The zero-order valence-electron chi connectivity index (χ0n) is 19.6. The Labute approximate surface area is 168 Å². The number of allylic oxidation sites excluding steroid dienone is 4. The average Bonchev–Trinajstić information content (AvgIpc) is 2.80. The first kappa shape index (κ1) is 22.0. The van der Waals surface area contributed by atoms with E-state index in [2.05, 4.69) is 81.4 Å². The van der Waals surface area contributed by atoms with E-state index in [0.29, 0.717) is 5.54 Å². The van der Waals surface area contributed by atoms with Gasteiger partial charge in [0.1, 0.15) is 13.8 Å². The lowest BCUT2D eigenvalue weighted by atomic mass is 9.85. The second kappa shape index (κ2) is 7.62. The number of methoxy groups -OCH3 is 1. The SMILES string of the molecule is CC[Si](CC)(c1cc(C)cc(C(C)(C)C)c1OC)C1C(C)=C(C)C(C)=C1C. The van der Waals surface area contributed by atoms with Crippen LogP contribution in [0.3, 0.4) is 0 Å². The summed E-state index contributed by atoms with van der Waals surface area (Å²) in [5.41, 5.74) is 9.61. The van der Waals surface area contributed by atoms with Crippen LogP contribution in [0.4, 0.5) is 0 Å². The topological polar surface area (TPSA) is 9.23 Å². The molecule has 0 N–H and O–H groups in total. The van der Waals surface area contributed by atoms with E-state index in [1.807, 2.05) is 7.11 Å². The van der Waals surface area contributed by atoms with Crippen molar-refractivity contribution in [2.24, 2.45) is 0 Å². The molecule has 0 amide bonds. The Hall–Kier alpha value is -1.28. The predicted octanol–water partition coefficient (Wildman–Crippen LogP) is 7.05. The van der Waals surface area contributed by atoms with Gasteiger partial charge in [-0.15, -0.1) is 0 Å². The minimum atomic E-state index is -1.84. The van der Waals surface area contributed by atoms with E-state index in [1.165, 1.54) is 39.5 Å². The highest BCUT2D eigenvalue weighted by Gasteiger charge is 2.47. The molecule has 1 aromatic carbocycles. The number of rotatable bonds is 5. The Kier molecular flexibility index (Phi) is 6.21. The van der Waals surface area contributed by atoms with E-state index in [9.17, 15) is 0 Å². The van der Waals surface area contributed by atoms with Crippen LogP contribution < -0.4 is 9.92 Å². The van der Waals surface area contributed by atoms with Crippen molar-refractivity contribution in [2.75, 3.05) is 7.11 Å². The molecule has 1 nitrogen and oxygen atoms in total. The molecular weight excluding hydrogens is 344 g/mol. The molecular formula is C25H40OSi. The first-order chi connectivity index (χ1) is 12.5. The van der Waals surface area contributed by atoms with Gasteiger partial charge in [0.15, 0.2) is 0 Å². The first-order valence-electron chi connectivity index (χ1n) is 10.5. The molecule has 0 heterocycles. The van der Waals surface area contributed by atoms with Gasteiger partial charge in [0, 0.05) is 5.54 Å². The predicted molar refractivity (Wildman–Crippen MR) is 123 cm³/mol. The van der Waals surface area contributed by atoms with Crippen LogP contribution in [-0.4, -0.2) is 15.2 Å². The maximum Gasteiger partial charge on any atom is 0.121 e. The molecule has 0 radical (unpaired) electrons. The zero-order valence-corrected chi connectivity index (χ0v) is 20.6. The monoisotopic (exact) mass is 384 g/mol. The Balaban J connectivity index is 2.89. The van der Waals surface area contributed by atoms with E-state index in [-0.39, 0.29) is 5.41 Å². The van der Waals surface area contributed by atoms with Crippen LogP contribution in [0.25, 0.3) is 0 Å². The quantitative estimate of drug-likeness (QED) is 0.494. The third-order valence-electron chi connectivity index (χ3n) is 7.21. The molecule has 2 heteroatoms. The normalized spacial score (nSPS) is 16.6. The van der Waals surface area contributed by atoms with Crippen molar-refractivity contribution in [2.45, 2.75) is 92.3 Å². The molecule has 0 atom stereocenters. The van der Waals surface area contributed by atoms with Crippen LogP contribution in [0, 0.1) is 6.92 Å². The second-order valence-electron chi connectivity index (χ2n) is 9.56. The number of aryl methyl sites for hydroxylation is 1. The van der Waals surface area contributed by atoms with Crippen molar-refractivity contribution in [3.63, 3.8) is 0 Å². The van der Waals surface area contributed by atoms with Crippen LogP contribution in [0.15, 0.2) is 34.4 Å². The van der Waals surface area contributed by atoms with E-state index < -0.39 is 8.07 Å². The highest BCUT2D eigenvalue weighted by molar-refractivity contribution is 6.94. The maximum atomic E-state index is 6.15. The molecule has 150 valence electrons. The smallest absolute Gasteiger partial charge is 0.121 e. The summed E-state index contributed by atoms with van der Waals surface area (Å²) in [5.74, 6) is 1.16. The lowest BCUT2D eigenvalue weighted by Gasteiger charge is -2.40. The van der Waals surface area contributed by atoms with Crippen LogP contribution in [-0.2, 0) is 5.41 Å². The van der Waals surface area contributed by atoms with Gasteiger partial charge >= 0.3 is 0 Å².